The third-order valence-corrected chi connectivity index (χ3v) is 2.33. The van der Waals surface area contributed by atoms with Crippen LogP contribution in [-0.2, 0) is 9.09 Å². The summed E-state index contributed by atoms with van der Waals surface area (Å²) in [6, 6.07) is 0. The van der Waals surface area contributed by atoms with Crippen molar-refractivity contribution in [3.05, 3.63) is 0 Å². The van der Waals surface area contributed by atoms with Gasteiger partial charge in [-0.25, -0.2) is 4.57 Å². The Labute approximate surface area is 70.6 Å². The predicted molar refractivity (Wildman–Crippen MR) is 46.9 cm³/mol. The van der Waals surface area contributed by atoms with Crippen LogP contribution in [0.3, 0.4) is 0 Å². The zero-order chi connectivity index (χ0) is 8.74. The summed E-state index contributed by atoms with van der Waals surface area (Å²) in [4.78, 5) is 0. The van der Waals surface area contributed by atoms with E-state index in [0.717, 1.165) is 25.7 Å². The summed E-state index contributed by atoms with van der Waals surface area (Å²) >= 11 is 0. The van der Waals surface area contributed by atoms with Crippen LogP contribution in [0.25, 0.3) is 0 Å². The fourth-order valence-corrected chi connectivity index (χ4v) is 1.73. The zero-order valence-corrected chi connectivity index (χ0v) is 8.49. The molecule has 3 heteroatoms. The molecule has 0 saturated carbocycles. The highest BCUT2D eigenvalue weighted by molar-refractivity contribution is 7.17. The maximum absolute atomic E-state index is 10.2. The maximum atomic E-state index is 10.2. The molecule has 0 aliphatic heterocycles. The van der Waals surface area contributed by atoms with E-state index in [2.05, 4.69) is 13.8 Å². The molecular formula is C8H17O2P. The third kappa shape index (κ3) is 4.49. The lowest BCUT2D eigenvalue weighted by Gasteiger charge is -2.24. The third-order valence-electron chi connectivity index (χ3n) is 1.82. The molecule has 66 valence electrons. The monoisotopic (exact) mass is 176 g/mol. The van der Waals surface area contributed by atoms with Crippen molar-refractivity contribution in [3.8, 4) is 0 Å². The van der Waals surface area contributed by atoms with Gasteiger partial charge < -0.3 is 0 Å². The normalized spacial score (nSPS) is 12.3. The quantitative estimate of drug-likeness (QED) is 0.578. The highest BCUT2D eigenvalue weighted by Crippen LogP contribution is 2.27. The molecular weight excluding hydrogens is 159 g/mol. The summed E-state index contributed by atoms with van der Waals surface area (Å²) in [6.45, 7) is 6.24. The van der Waals surface area contributed by atoms with E-state index >= 15 is 0 Å². The molecule has 0 radical (unpaired) electrons. The van der Waals surface area contributed by atoms with Crippen molar-refractivity contribution < 1.29 is 9.09 Å². The smallest absolute Gasteiger partial charge is 0.288 e. The van der Waals surface area contributed by atoms with Gasteiger partial charge in [-0.15, -0.1) is 0 Å². The Balaban J connectivity index is 3.88. The average molecular weight is 176 g/mol. The largest absolute Gasteiger partial charge is 0.327 e. The maximum Gasteiger partial charge on any atom is 0.327 e. The second-order valence-electron chi connectivity index (χ2n) is 3.12. The van der Waals surface area contributed by atoms with Crippen molar-refractivity contribution in [2.75, 3.05) is 0 Å². The number of hydrogen-bond donors (Lipinski definition) is 0. The Morgan fingerprint density at radius 2 is 1.73 bits per heavy atom. The van der Waals surface area contributed by atoms with Crippen LogP contribution in [0.2, 0.25) is 0 Å². The molecule has 0 amide bonds. The van der Waals surface area contributed by atoms with Gasteiger partial charge >= 0.3 is 8.69 Å². The first-order valence-electron chi connectivity index (χ1n) is 4.19. The summed E-state index contributed by atoms with van der Waals surface area (Å²) in [5, 5.41) is 0. The van der Waals surface area contributed by atoms with Crippen molar-refractivity contribution in [1.82, 2.24) is 0 Å². The van der Waals surface area contributed by atoms with Crippen LogP contribution in [0.5, 0.6) is 0 Å². The van der Waals surface area contributed by atoms with Gasteiger partial charge in [0.25, 0.3) is 0 Å². The summed E-state index contributed by atoms with van der Waals surface area (Å²) in [7, 11) is -0.191. The van der Waals surface area contributed by atoms with Crippen molar-refractivity contribution >= 4 is 8.69 Å². The molecule has 0 unspecified atom stereocenters. The fourth-order valence-electron chi connectivity index (χ4n) is 1.36. The molecule has 0 atom stereocenters. The van der Waals surface area contributed by atoms with E-state index in [1.165, 1.54) is 0 Å². The van der Waals surface area contributed by atoms with Crippen molar-refractivity contribution in [2.24, 2.45) is 0 Å². The molecule has 0 rings (SSSR count). The van der Waals surface area contributed by atoms with Gasteiger partial charge in [0.1, 0.15) is 0 Å². The zero-order valence-electron chi connectivity index (χ0n) is 7.59. The first kappa shape index (κ1) is 11.1. The Bertz CT molecular complexity index is 109. The van der Waals surface area contributed by atoms with Gasteiger partial charge in [-0.05, 0) is 19.8 Å². The lowest BCUT2D eigenvalue weighted by atomic mass is 9.95. The van der Waals surface area contributed by atoms with Crippen molar-refractivity contribution in [3.63, 3.8) is 0 Å². The van der Waals surface area contributed by atoms with E-state index in [0.29, 0.717) is 0 Å². The van der Waals surface area contributed by atoms with Gasteiger partial charge in [0.05, 0.1) is 5.60 Å². The summed E-state index contributed by atoms with van der Waals surface area (Å²) in [5.41, 5.74) is -0.174. The topological polar surface area (TPSA) is 26.3 Å². The van der Waals surface area contributed by atoms with E-state index in [9.17, 15) is 4.57 Å². The van der Waals surface area contributed by atoms with Crippen LogP contribution in [-0.4, -0.2) is 5.60 Å². The first-order chi connectivity index (χ1) is 5.18. The molecule has 0 aromatic rings. The summed E-state index contributed by atoms with van der Waals surface area (Å²) in [6.07, 6.45) is 4.12. The molecule has 0 bridgehead atoms. The average Bonchev–Trinajstić information content (AvgIpc) is 1.88. The summed E-state index contributed by atoms with van der Waals surface area (Å²) < 4.78 is 15.4. The highest BCUT2D eigenvalue weighted by atomic mass is 31.1. The van der Waals surface area contributed by atoms with Crippen LogP contribution >= 0.6 is 8.69 Å². The van der Waals surface area contributed by atoms with Gasteiger partial charge in [0.2, 0.25) is 0 Å². The SMILES string of the molecule is CCCC(C)(CCC)OP=O. The minimum Gasteiger partial charge on any atom is -0.288 e. The lowest BCUT2D eigenvalue weighted by molar-refractivity contribution is 0.0837. The van der Waals surface area contributed by atoms with Crippen LogP contribution in [0.1, 0.15) is 46.5 Å². The van der Waals surface area contributed by atoms with Gasteiger partial charge in [-0.1, -0.05) is 26.7 Å². The molecule has 0 heterocycles. The molecule has 0 aromatic carbocycles. The standard InChI is InChI=1S/C8H17O2P/c1-4-6-8(3,7-5-2)10-11-9/h4-7H2,1-3H3. The van der Waals surface area contributed by atoms with Crippen LogP contribution < -0.4 is 0 Å². The second-order valence-corrected chi connectivity index (χ2v) is 3.45. The Kier molecular flexibility index (Phi) is 5.71. The molecule has 0 aliphatic rings. The highest BCUT2D eigenvalue weighted by Gasteiger charge is 2.23. The first-order valence-corrected chi connectivity index (χ1v) is 4.92. The fraction of sp³-hybridized carbons (Fsp3) is 1.00. The minimum atomic E-state index is -0.191. The molecule has 0 saturated heterocycles. The second kappa shape index (κ2) is 5.68. The van der Waals surface area contributed by atoms with Crippen LogP contribution in [0, 0.1) is 0 Å². The molecule has 0 fully saturated rings. The molecule has 0 N–H and O–H groups in total. The van der Waals surface area contributed by atoms with Gasteiger partial charge in [-0.3, -0.25) is 4.52 Å². The summed E-state index contributed by atoms with van der Waals surface area (Å²) in [5.74, 6) is 0. The lowest BCUT2D eigenvalue weighted by Crippen LogP contribution is -2.24. The Morgan fingerprint density at radius 3 is 2.00 bits per heavy atom. The van der Waals surface area contributed by atoms with Gasteiger partial charge in [0, 0.05) is 0 Å². The Hall–Kier alpha value is 0.0600. The molecule has 11 heavy (non-hydrogen) atoms. The van der Waals surface area contributed by atoms with E-state index in [1.807, 2.05) is 6.92 Å². The minimum absolute atomic E-state index is 0.174. The van der Waals surface area contributed by atoms with E-state index in [-0.39, 0.29) is 14.3 Å². The van der Waals surface area contributed by atoms with Crippen LogP contribution in [0.15, 0.2) is 0 Å². The Morgan fingerprint density at radius 1 is 1.27 bits per heavy atom. The van der Waals surface area contributed by atoms with E-state index < -0.39 is 0 Å². The molecule has 0 aromatic heterocycles. The number of hydrogen-bond acceptors (Lipinski definition) is 2. The molecule has 2 nitrogen and oxygen atoms in total. The van der Waals surface area contributed by atoms with Gasteiger partial charge in [0.15, 0.2) is 0 Å². The van der Waals surface area contributed by atoms with Crippen LogP contribution in [0.4, 0.5) is 0 Å². The van der Waals surface area contributed by atoms with Crippen molar-refractivity contribution in [1.29, 1.82) is 0 Å². The predicted octanol–water partition coefficient (Wildman–Crippen LogP) is 3.57. The van der Waals surface area contributed by atoms with Gasteiger partial charge in [-0.2, -0.15) is 0 Å². The van der Waals surface area contributed by atoms with E-state index in [1.54, 1.807) is 0 Å². The number of rotatable bonds is 6. The van der Waals surface area contributed by atoms with Crippen molar-refractivity contribution in [2.45, 2.75) is 52.1 Å². The molecule has 0 aliphatic carbocycles. The van der Waals surface area contributed by atoms with E-state index in [4.69, 9.17) is 4.52 Å². The molecule has 0 spiro atoms.